The average Bonchev–Trinajstić information content (AvgIpc) is 2.87. The molecule has 1 aromatic heterocycles. The molecule has 2 aromatic rings. The molecule has 0 bridgehead atoms. The first-order chi connectivity index (χ1) is 12.3. The van der Waals surface area contributed by atoms with Gasteiger partial charge in [0.15, 0.2) is 12.0 Å². The Labute approximate surface area is 154 Å². The molecule has 2 amide bonds. The number of fused-ring (bicyclic) bond motifs is 1. The van der Waals surface area contributed by atoms with Gasteiger partial charge in [-0.15, -0.1) is 0 Å². The molecule has 140 valence electrons. The number of oxazole rings is 1. The number of benzene rings is 1. The third kappa shape index (κ3) is 4.62. The van der Waals surface area contributed by atoms with E-state index in [1.165, 1.54) is 6.39 Å². The third-order valence-electron chi connectivity index (χ3n) is 4.63. The zero-order valence-corrected chi connectivity index (χ0v) is 15.8. The fraction of sp³-hybridized carbons (Fsp3) is 0.550. The Balaban J connectivity index is 1.57. The Hall–Kier alpha value is -2.37. The van der Waals surface area contributed by atoms with Gasteiger partial charge in [0.1, 0.15) is 5.52 Å². The molecule has 0 aliphatic carbocycles. The van der Waals surface area contributed by atoms with E-state index >= 15 is 0 Å². The second kappa shape index (κ2) is 7.48. The van der Waals surface area contributed by atoms with Crippen LogP contribution in [0.5, 0.6) is 0 Å². The highest BCUT2D eigenvalue weighted by Crippen LogP contribution is 2.21. The molecule has 6 nitrogen and oxygen atoms in total. The zero-order chi connectivity index (χ0) is 18.7. The SMILES string of the molecule is CC(C)(C)CC(=O)N1CCCN(C(=O)Cc2ccc3ncoc3c2)CC1. The van der Waals surface area contributed by atoms with Crippen LogP contribution in [0.25, 0.3) is 11.1 Å². The van der Waals surface area contributed by atoms with Gasteiger partial charge in [0, 0.05) is 32.6 Å². The minimum absolute atomic E-state index is 0.0156. The van der Waals surface area contributed by atoms with Gasteiger partial charge < -0.3 is 14.2 Å². The van der Waals surface area contributed by atoms with E-state index in [4.69, 9.17) is 4.42 Å². The lowest BCUT2D eigenvalue weighted by Gasteiger charge is -2.25. The highest BCUT2D eigenvalue weighted by atomic mass is 16.3. The molecule has 0 saturated carbocycles. The molecule has 1 aliphatic heterocycles. The number of rotatable bonds is 3. The van der Waals surface area contributed by atoms with Gasteiger partial charge in [-0.25, -0.2) is 4.98 Å². The summed E-state index contributed by atoms with van der Waals surface area (Å²) in [7, 11) is 0. The molecule has 1 saturated heterocycles. The van der Waals surface area contributed by atoms with E-state index < -0.39 is 0 Å². The summed E-state index contributed by atoms with van der Waals surface area (Å²) in [4.78, 5) is 33.0. The zero-order valence-electron chi connectivity index (χ0n) is 15.8. The van der Waals surface area contributed by atoms with Crippen molar-refractivity contribution < 1.29 is 14.0 Å². The summed E-state index contributed by atoms with van der Waals surface area (Å²) in [6.07, 6.45) is 3.11. The predicted octanol–water partition coefficient (Wildman–Crippen LogP) is 2.87. The van der Waals surface area contributed by atoms with E-state index in [1.54, 1.807) is 0 Å². The number of aromatic nitrogens is 1. The number of carbonyl (C=O) groups is 2. The van der Waals surface area contributed by atoms with Crippen molar-refractivity contribution in [3.8, 4) is 0 Å². The summed E-state index contributed by atoms with van der Waals surface area (Å²) in [6, 6.07) is 5.66. The van der Waals surface area contributed by atoms with Crippen LogP contribution in [0.1, 0.15) is 39.2 Å². The van der Waals surface area contributed by atoms with Crippen molar-refractivity contribution in [3.05, 3.63) is 30.2 Å². The summed E-state index contributed by atoms with van der Waals surface area (Å²) in [5, 5.41) is 0. The lowest BCUT2D eigenvalue weighted by Crippen LogP contribution is -2.38. The van der Waals surface area contributed by atoms with Gasteiger partial charge in [-0.05, 0) is 29.5 Å². The van der Waals surface area contributed by atoms with Gasteiger partial charge in [0.2, 0.25) is 11.8 Å². The maximum absolute atomic E-state index is 12.7. The summed E-state index contributed by atoms with van der Waals surface area (Å²) < 4.78 is 5.31. The molecule has 1 fully saturated rings. The highest BCUT2D eigenvalue weighted by molar-refractivity contribution is 5.81. The summed E-state index contributed by atoms with van der Waals surface area (Å²) in [6.45, 7) is 8.85. The van der Waals surface area contributed by atoms with E-state index in [2.05, 4.69) is 25.8 Å². The Morgan fingerprint density at radius 1 is 1.08 bits per heavy atom. The van der Waals surface area contributed by atoms with Gasteiger partial charge in [-0.2, -0.15) is 0 Å². The Kier molecular flexibility index (Phi) is 5.30. The first-order valence-corrected chi connectivity index (χ1v) is 9.19. The van der Waals surface area contributed by atoms with Crippen molar-refractivity contribution in [2.24, 2.45) is 5.41 Å². The summed E-state index contributed by atoms with van der Waals surface area (Å²) in [5.74, 6) is 0.275. The van der Waals surface area contributed by atoms with E-state index in [0.29, 0.717) is 38.1 Å². The van der Waals surface area contributed by atoms with Gasteiger partial charge in [-0.1, -0.05) is 26.8 Å². The van der Waals surface area contributed by atoms with Gasteiger partial charge in [0.05, 0.1) is 6.42 Å². The largest absolute Gasteiger partial charge is 0.443 e. The van der Waals surface area contributed by atoms with Crippen molar-refractivity contribution in [2.75, 3.05) is 26.2 Å². The van der Waals surface area contributed by atoms with Crippen LogP contribution in [0.4, 0.5) is 0 Å². The molecule has 26 heavy (non-hydrogen) atoms. The average molecular weight is 357 g/mol. The number of hydrogen-bond acceptors (Lipinski definition) is 4. The maximum Gasteiger partial charge on any atom is 0.227 e. The van der Waals surface area contributed by atoms with Crippen molar-refractivity contribution in [2.45, 2.75) is 40.0 Å². The molecular formula is C20H27N3O3. The molecule has 0 unspecified atom stereocenters. The lowest BCUT2D eigenvalue weighted by atomic mass is 9.91. The van der Waals surface area contributed by atoms with Crippen LogP contribution in [0.2, 0.25) is 0 Å². The van der Waals surface area contributed by atoms with Gasteiger partial charge in [-0.3, -0.25) is 9.59 Å². The van der Waals surface area contributed by atoms with E-state index in [1.807, 2.05) is 28.0 Å². The highest BCUT2D eigenvalue weighted by Gasteiger charge is 2.25. The first-order valence-electron chi connectivity index (χ1n) is 9.19. The smallest absolute Gasteiger partial charge is 0.227 e. The van der Waals surface area contributed by atoms with Crippen molar-refractivity contribution in [3.63, 3.8) is 0 Å². The third-order valence-corrected chi connectivity index (χ3v) is 4.63. The standard InChI is InChI=1S/C20H27N3O3/c1-20(2,3)13-19(25)23-8-4-7-22(9-10-23)18(24)12-15-5-6-16-17(11-15)26-14-21-16/h5-6,11,14H,4,7-10,12-13H2,1-3H3. The van der Waals surface area contributed by atoms with Crippen LogP contribution in [0.3, 0.4) is 0 Å². The fourth-order valence-corrected chi connectivity index (χ4v) is 3.28. The van der Waals surface area contributed by atoms with Crippen molar-refractivity contribution in [1.82, 2.24) is 14.8 Å². The van der Waals surface area contributed by atoms with E-state index in [0.717, 1.165) is 24.0 Å². The van der Waals surface area contributed by atoms with Crippen LogP contribution in [0.15, 0.2) is 29.0 Å². The quantitative estimate of drug-likeness (QED) is 0.847. The monoisotopic (exact) mass is 357 g/mol. The summed E-state index contributed by atoms with van der Waals surface area (Å²) in [5.41, 5.74) is 2.40. The fourth-order valence-electron chi connectivity index (χ4n) is 3.28. The molecule has 0 radical (unpaired) electrons. The van der Waals surface area contributed by atoms with Crippen molar-refractivity contribution >= 4 is 22.9 Å². The van der Waals surface area contributed by atoms with Crippen LogP contribution in [-0.4, -0.2) is 52.8 Å². The predicted molar refractivity (Wildman–Crippen MR) is 99.6 cm³/mol. The molecule has 0 spiro atoms. The first kappa shape index (κ1) is 18.4. The Bertz CT molecular complexity index is 791. The minimum atomic E-state index is -0.0156. The second-order valence-corrected chi connectivity index (χ2v) is 8.18. The van der Waals surface area contributed by atoms with Gasteiger partial charge >= 0.3 is 0 Å². The molecule has 6 heteroatoms. The number of amides is 2. The van der Waals surface area contributed by atoms with Gasteiger partial charge in [0.25, 0.3) is 0 Å². The molecule has 0 N–H and O–H groups in total. The number of carbonyl (C=O) groups excluding carboxylic acids is 2. The molecule has 1 aliphatic rings. The van der Waals surface area contributed by atoms with Crippen molar-refractivity contribution in [1.29, 1.82) is 0 Å². The topological polar surface area (TPSA) is 66.7 Å². The lowest BCUT2D eigenvalue weighted by molar-refractivity contribution is -0.134. The van der Waals surface area contributed by atoms with Crippen LogP contribution in [0, 0.1) is 5.41 Å². The number of hydrogen-bond donors (Lipinski definition) is 0. The van der Waals surface area contributed by atoms with E-state index in [9.17, 15) is 9.59 Å². The maximum atomic E-state index is 12.7. The molecular weight excluding hydrogens is 330 g/mol. The molecule has 0 atom stereocenters. The minimum Gasteiger partial charge on any atom is -0.443 e. The molecule has 3 rings (SSSR count). The van der Waals surface area contributed by atoms with Crippen LogP contribution in [-0.2, 0) is 16.0 Å². The normalized spacial score (nSPS) is 16.0. The Morgan fingerprint density at radius 2 is 1.77 bits per heavy atom. The Morgan fingerprint density at radius 3 is 2.46 bits per heavy atom. The van der Waals surface area contributed by atoms with E-state index in [-0.39, 0.29) is 17.2 Å². The van der Waals surface area contributed by atoms with Crippen LogP contribution >= 0.6 is 0 Å². The second-order valence-electron chi connectivity index (χ2n) is 8.18. The van der Waals surface area contributed by atoms with Crippen LogP contribution < -0.4 is 0 Å². The molecule has 1 aromatic carbocycles. The number of nitrogens with zero attached hydrogens (tertiary/aromatic N) is 3. The summed E-state index contributed by atoms with van der Waals surface area (Å²) >= 11 is 0. The molecule has 2 heterocycles.